The molecule has 0 aromatic carbocycles. The molecule has 1 rings (SSSR count). The molecule has 14 heavy (non-hydrogen) atoms. The predicted molar refractivity (Wildman–Crippen MR) is 58.1 cm³/mol. The molecule has 82 valence electrons. The highest BCUT2D eigenvalue weighted by molar-refractivity contribution is 5.81. The van der Waals surface area contributed by atoms with Gasteiger partial charge in [-0.25, -0.2) is 0 Å². The van der Waals surface area contributed by atoms with Crippen LogP contribution in [0.4, 0.5) is 0 Å². The lowest BCUT2D eigenvalue weighted by Gasteiger charge is -2.27. The summed E-state index contributed by atoms with van der Waals surface area (Å²) in [5, 5.41) is 6.31. The third kappa shape index (κ3) is 3.66. The Morgan fingerprint density at radius 3 is 2.57 bits per heavy atom. The number of rotatable bonds is 4. The standard InChI is InChI=1S/C11H22N2O/c1-11(2,3)10(14)13-7-4-5-9-6-8-12-9/h9,12H,4-8H2,1-3H3,(H,13,14). The average molecular weight is 198 g/mol. The minimum absolute atomic E-state index is 0.152. The quantitative estimate of drug-likeness (QED) is 0.668. The molecule has 1 amide bonds. The van der Waals surface area contributed by atoms with Gasteiger partial charge in [0, 0.05) is 18.0 Å². The maximum Gasteiger partial charge on any atom is 0.225 e. The van der Waals surface area contributed by atoms with Gasteiger partial charge in [0.05, 0.1) is 0 Å². The molecule has 3 heteroatoms. The topological polar surface area (TPSA) is 41.1 Å². The molecular formula is C11H22N2O. The summed E-state index contributed by atoms with van der Waals surface area (Å²) in [5.74, 6) is 0.152. The van der Waals surface area contributed by atoms with Crippen molar-refractivity contribution in [3.63, 3.8) is 0 Å². The lowest BCUT2D eigenvalue weighted by molar-refractivity contribution is -0.128. The molecule has 1 heterocycles. The lowest BCUT2D eigenvalue weighted by atomic mass is 9.95. The number of nitrogens with one attached hydrogen (secondary N) is 2. The van der Waals surface area contributed by atoms with Crippen LogP contribution in [0.25, 0.3) is 0 Å². The van der Waals surface area contributed by atoms with Crippen molar-refractivity contribution in [2.24, 2.45) is 5.41 Å². The van der Waals surface area contributed by atoms with Crippen LogP contribution in [0.15, 0.2) is 0 Å². The zero-order valence-corrected chi connectivity index (χ0v) is 9.52. The van der Waals surface area contributed by atoms with Gasteiger partial charge in [0.25, 0.3) is 0 Å². The Morgan fingerprint density at radius 1 is 1.50 bits per heavy atom. The first-order valence-corrected chi connectivity index (χ1v) is 5.52. The largest absolute Gasteiger partial charge is 0.356 e. The Labute approximate surface area is 86.6 Å². The molecule has 1 unspecified atom stereocenters. The van der Waals surface area contributed by atoms with Gasteiger partial charge in [-0.1, -0.05) is 20.8 Å². The molecule has 1 atom stereocenters. The molecule has 0 bridgehead atoms. The smallest absolute Gasteiger partial charge is 0.225 e. The molecule has 1 saturated heterocycles. The molecule has 0 saturated carbocycles. The summed E-state index contributed by atoms with van der Waals surface area (Å²) in [4.78, 5) is 11.5. The Kier molecular flexibility index (Phi) is 3.93. The Morgan fingerprint density at radius 2 is 2.14 bits per heavy atom. The first-order valence-electron chi connectivity index (χ1n) is 5.52. The van der Waals surface area contributed by atoms with Crippen molar-refractivity contribution in [3.8, 4) is 0 Å². The van der Waals surface area contributed by atoms with E-state index in [4.69, 9.17) is 0 Å². The van der Waals surface area contributed by atoms with E-state index in [1.54, 1.807) is 0 Å². The number of carbonyl (C=O) groups is 1. The minimum atomic E-state index is -0.255. The van der Waals surface area contributed by atoms with Crippen LogP contribution in [0, 0.1) is 5.41 Å². The zero-order chi connectivity index (χ0) is 10.6. The maximum atomic E-state index is 11.5. The van der Waals surface area contributed by atoms with Crippen LogP contribution in [0.3, 0.4) is 0 Å². The van der Waals surface area contributed by atoms with Gasteiger partial charge < -0.3 is 10.6 Å². The lowest BCUT2D eigenvalue weighted by Crippen LogP contribution is -2.43. The Bertz CT molecular complexity index is 192. The fourth-order valence-electron chi connectivity index (χ4n) is 1.41. The molecule has 2 N–H and O–H groups in total. The van der Waals surface area contributed by atoms with Crippen molar-refractivity contribution in [2.45, 2.75) is 46.1 Å². The summed E-state index contributed by atoms with van der Waals surface area (Å²) < 4.78 is 0. The van der Waals surface area contributed by atoms with E-state index in [9.17, 15) is 4.79 Å². The van der Waals surface area contributed by atoms with Crippen LogP contribution in [0.1, 0.15) is 40.0 Å². The summed E-state index contributed by atoms with van der Waals surface area (Å²) in [6, 6.07) is 0.710. The second kappa shape index (κ2) is 4.78. The van der Waals surface area contributed by atoms with Crippen LogP contribution in [-0.4, -0.2) is 25.0 Å². The summed E-state index contributed by atoms with van der Waals surface area (Å²) in [5.41, 5.74) is -0.255. The van der Waals surface area contributed by atoms with Crippen molar-refractivity contribution in [2.75, 3.05) is 13.1 Å². The van der Waals surface area contributed by atoms with Crippen LogP contribution in [0.2, 0.25) is 0 Å². The molecule has 1 fully saturated rings. The second-order valence-corrected chi connectivity index (χ2v) is 5.09. The highest BCUT2D eigenvalue weighted by atomic mass is 16.2. The zero-order valence-electron chi connectivity index (χ0n) is 9.52. The third-order valence-electron chi connectivity index (χ3n) is 2.62. The SMILES string of the molecule is CC(C)(C)C(=O)NCCCC1CCN1. The molecule has 1 aliphatic rings. The molecule has 0 aromatic heterocycles. The van der Waals surface area contributed by atoms with Gasteiger partial charge in [-0.2, -0.15) is 0 Å². The molecule has 1 aliphatic heterocycles. The third-order valence-corrected chi connectivity index (χ3v) is 2.62. The summed E-state index contributed by atoms with van der Waals surface area (Å²) in [7, 11) is 0. The number of amides is 1. The minimum Gasteiger partial charge on any atom is -0.356 e. The monoisotopic (exact) mass is 198 g/mol. The van der Waals surface area contributed by atoms with Crippen LogP contribution < -0.4 is 10.6 Å². The van der Waals surface area contributed by atoms with E-state index in [1.807, 2.05) is 20.8 Å². The van der Waals surface area contributed by atoms with Crippen molar-refractivity contribution < 1.29 is 4.79 Å². The normalized spacial score (nSPS) is 21.5. The van der Waals surface area contributed by atoms with Crippen LogP contribution >= 0.6 is 0 Å². The van der Waals surface area contributed by atoms with Gasteiger partial charge >= 0.3 is 0 Å². The van der Waals surface area contributed by atoms with E-state index in [0.717, 1.165) is 13.0 Å². The van der Waals surface area contributed by atoms with E-state index in [-0.39, 0.29) is 11.3 Å². The number of carbonyl (C=O) groups excluding carboxylic acids is 1. The summed E-state index contributed by atoms with van der Waals surface area (Å²) in [6.07, 6.45) is 3.57. The molecule has 0 aliphatic carbocycles. The fraction of sp³-hybridized carbons (Fsp3) is 0.909. The number of hydrogen-bond acceptors (Lipinski definition) is 2. The highest BCUT2D eigenvalue weighted by Crippen LogP contribution is 2.13. The van der Waals surface area contributed by atoms with Crippen molar-refractivity contribution in [3.05, 3.63) is 0 Å². The van der Waals surface area contributed by atoms with E-state index in [2.05, 4.69) is 10.6 Å². The molecular weight excluding hydrogens is 176 g/mol. The van der Waals surface area contributed by atoms with Gasteiger partial charge in [-0.15, -0.1) is 0 Å². The maximum absolute atomic E-state index is 11.5. The van der Waals surface area contributed by atoms with Crippen molar-refractivity contribution in [1.82, 2.24) is 10.6 Å². The van der Waals surface area contributed by atoms with Gasteiger partial charge in [0.1, 0.15) is 0 Å². The van der Waals surface area contributed by atoms with Crippen molar-refractivity contribution >= 4 is 5.91 Å². The number of hydrogen-bond donors (Lipinski definition) is 2. The van der Waals surface area contributed by atoms with E-state index in [1.165, 1.54) is 19.4 Å². The first-order chi connectivity index (χ1) is 6.50. The van der Waals surface area contributed by atoms with Gasteiger partial charge in [-0.3, -0.25) is 4.79 Å². The molecule has 0 aromatic rings. The second-order valence-electron chi connectivity index (χ2n) is 5.09. The first kappa shape index (κ1) is 11.5. The fourth-order valence-corrected chi connectivity index (χ4v) is 1.41. The molecule has 0 spiro atoms. The predicted octanol–water partition coefficient (Wildman–Crippen LogP) is 1.29. The summed E-state index contributed by atoms with van der Waals surface area (Å²) >= 11 is 0. The van der Waals surface area contributed by atoms with E-state index in [0.29, 0.717) is 6.04 Å². The van der Waals surface area contributed by atoms with Crippen LogP contribution in [-0.2, 0) is 4.79 Å². The summed E-state index contributed by atoms with van der Waals surface area (Å²) in [6.45, 7) is 7.80. The van der Waals surface area contributed by atoms with Gasteiger partial charge in [0.15, 0.2) is 0 Å². The molecule has 3 nitrogen and oxygen atoms in total. The average Bonchev–Trinajstić information content (AvgIpc) is 1.98. The van der Waals surface area contributed by atoms with Gasteiger partial charge in [0.2, 0.25) is 5.91 Å². The van der Waals surface area contributed by atoms with Crippen molar-refractivity contribution in [1.29, 1.82) is 0 Å². The van der Waals surface area contributed by atoms with E-state index >= 15 is 0 Å². The Hall–Kier alpha value is -0.570. The highest BCUT2D eigenvalue weighted by Gasteiger charge is 2.20. The van der Waals surface area contributed by atoms with E-state index < -0.39 is 0 Å². The molecule has 0 radical (unpaired) electrons. The van der Waals surface area contributed by atoms with Crippen LogP contribution in [0.5, 0.6) is 0 Å². The Balaban J connectivity index is 2.00. The van der Waals surface area contributed by atoms with Gasteiger partial charge in [-0.05, 0) is 25.8 Å².